The Morgan fingerprint density at radius 1 is 1.21 bits per heavy atom. The first-order valence-electron chi connectivity index (χ1n) is 4.73. The topological polar surface area (TPSA) is 41.1 Å². The molecule has 0 aliphatic rings. The molecule has 0 unspecified atom stereocenters. The Morgan fingerprint density at radius 3 is 2.43 bits per heavy atom. The van der Waals surface area contributed by atoms with Gasteiger partial charge in [-0.25, -0.2) is 0 Å². The van der Waals surface area contributed by atoms with Crippen LogP contribution in [-0.2, 0) is 4.79 Å². The second-order valence-electron chi connectivity index (χ2n) is 3.28. The highest BCUT2D eigenvalue weighted by Gasteiger charge is 1.92. The van der Waals surface area contributed by atoms with Gasteiger partial charge in [-0.3, -0.25) is 4.79 Å². The fraction of sp³-hybridized carbons (Fsp3) is 0.364. The van der Waals surface area contributed by atoms with Crippen molar-refractivity contribution in [2.75, 3.05) is 18.4 Å². The molecule has 14 heavy (non-hydrogen) atoms. The van der Waals surface area contributed by atoms with Gasteiger partial charge in [0.2, 0.25) is 5.91 Å². The number of aryl methyl sites for hydroxylation is 1. The lowest BCUT2D eigenvalue weighted by Crippen LogP contribution is -2.26. The summed E-state index contributed by atoms with van der Waals surface area (Å²) in [7, 11) is 0. The Morgan fingerprint density at radius 2 is 1.86 bits per heavy atom. The number of hydrogen-bond donors (Lipinski definition) is 2. The molecule has 0 aliphatic heterocycles. The van der Waals surface area contributed by atoms with E-state index in [9.17, 15) is 4.79 Å². The SMILES string of the molecule is CC(=O)NCCNc1ccc(C)cc1. The van der Waals surface area contributed by atoms with Crippen molar-refractivity contribution in [3.05, 3.63) is 29.8 Å². The van der Waals surface area contributed by atoms with Gasteiger partial charge in [0, 0.05) is 25.7 Å². The summed E-state index contributed by atoms with van der Waals surface area (Å²) in [6, 6.07) is 8.17. The molecule has 0 bridgehead atoms. The van der Waals surface area contributed by atoms with Crippen molar-refractivity contribution in [2.24, 2.45) is 0 Å². The molecule has 1 rings (SSSR count). The summed E-state index contributed by atoms with van der Waals surface area (Å²) in [5.74, 6) is 0.00991. The van der Waals surface area contributed by atoms with Crippen LogP contribution in [0.5, 0.6) is 0 Å². The molecule has 0 aromatic heterocycles. The Labute approximate surface area is 84.5 Å². The first-order chi connectivity index (χ1) is 6.68. The number of amides is 1. The van der Waals surface area contributed by atoms with Gasteiger partial charge < -0.3 is 10.6 Å². The molecule has 0 atom stereocenters. The van der Waals surface area contributed by atoms with Crippen LogP contribution >= 0.6 is 0 Å². The highest BCUT2D eigenvalue weighted by atomic mass is 16.1. The van der Waals surface area contributed by atoms with Crippen molar-refractivity contribution < 1.29 is 4.79 Å². The number of benzene rings is 1. The van der Waals surface area contributed by atoms with Crippen molar-refractivity contribution in [2.45, 2.75) is 13.8 Å². The number of carbonyl (C=O) groups excluding carboxylic acids is 1. The van der Waals surface area contributed by atoms with Gasteiger partial charge in [0.15, 0.2) is 0 Å². The maximum absolute atomic E-state index is 10.6. The quantitative estimate of drug-likeness (QED) is 0.710. The van der Waals surface area contributed by atoms with E-state index in [0.717, 1.165) is 12.2 Å². The van der Waals surface area contributed by atoms with E-state index in [1.807, 2.05) is 12.1 Å². The molecule has 0 fully saturated rings. The van der Waals surface area contributed by atoms with Gasteiger partial charge in [-0.15, -0.1) is 0 Å². The van der Waals surface area contributed by atoms with E-state index >= 15 is 0 Å². The summed E-state index contributed by atoms with van der Waals surface area (Å²) >= 11 is 0. The lowest BCUT2D eigenvalue weighted by atomic mass is 10.2. The zero-order valence-electron chi connectivity index (χ0n) is 8.63. The van der Waals surface area contributed by atoms with E-state index in [-0.39, 0.29) is 5.91 Å². The molecular formula is C11H16N2O. The number of carbonyl (C=O) groups is 1. The van der Waals surface area contributed by atoms with Crippen molar-refractivity contribution in [1.82, 2.24) is 5.32 Å². The van der Waals surface area contributed by atoms with E-state index in [1.54, 1.807) is 0 Å². The van der Waals surface area contributed by atoms with Crippen LogP contribution in [0.1, 0.15) is 12.5 Å². The maximum atomic E-state index is 10.6. The lowest BCUT2D eigenvalue weighted by Gasteiger charge is -2.06. The standard InChI is InChI=1S/C11H16N2O/c1-9-3-5-11(6-4-9)13-8-7-12-10(2)14/h3-6,13H,7-8H2,1-2H3,(H,12,14). The van der Waals surface area contributed by atoms with Gasteiger partial charge in [-0.1, -0.05) is 17.7 Å². The Bertz CT molecular complexity index is 293. The second kappa shape index (κ2) is 5.27. The average Bonchev–Trinajstić information content (AvgIpc) is 2.15. The van der Waals surface area contributed by atoms with Crippen LogP contribution in [-0.4, -0.2) is 19.0 Å². The third-order valence-corrected chi connectivity index (χ3v) is 1.88. The number of rotatable bonds is 4. The molecule has 3 nitrogen and oxygen atoms in total. The molecule has 0 radical (unpaired) electrons. The summed E-state index contributed by atoms with van der Waals surface area (Å²) in [6.07, 6.45) is 0. The molecule has 0 spiro atoms. The summed E-state index contributed by atoms with van der Waals surface area (Å²) in [5.41, 5.74) is 2.33. The minimum Gasteiger partial charge on any atom is -0.383 e. The molecule has 0 aliphatic carbocycles. The van der Waals surface area contributed by atoms with Crippen LogP contribution in [0.4, 0.5) is 5.69 Å². The molecule has 3 heteroatoms. The fourth-order valence-corrected chi connectivity index (χ4v) is 1.12. The van der Waals surface area contributed by atoms with Gasteiger partial charge in [0.1, 0.15) is 0 Å². The molecule has 1 aromatic carbocycles. The fourth-order valence-electron chi connectivity index (χ4n) is 1.12. The first-order valence-corrected chi connectivity index (χ1v) is 4.73. The summed E-state index contributed by atoms with van der Waals surface area (Å²) < 4.78 is 0. The van der Waals surface area contributed by atoms with Crippen molar-refractivity contribution >= 4 is 11.6 Å². The summed E-state index contributed by atoms with van der Waals surface area (Å²) in [6.45, 7) is 4.98. The monoisotopic (exact) mass is 192 g/mol. The van der Waals surface area contributed by atoms with Crippen LogP contribution in [0.25, 0.3) is 0 Å². The summed E-state index contributed by atoms with van der Waals surface area (Å²) in [5, 5.41) is 5.94. The number of hydrogen-bond acceptors (Lipinski definition) is 2. The predicted molar refractivity (Wildman–Crippen MR) is 58.4 cm³/mol. The lowest BCUT2D eigenvalue weighted by molar-refractivity contribution is -0.118. The highest BCUT2D eigenvalue weighted by molar-refractivity contribution is 5.72. The highest BCUT2D eigenvalue weighted by Crippen LogP contribution is 2.07. The molecule has 2 N–H and O–H groups in total. The van der Waals surface area contributed by atoms with Crippen molar-refractivity contribution in [3.8, 4) is 0 Å². The third-order valence-electron chi connectivity index (χ3n) is 1.88. The van der Waals surface area contributed by atoms with Gasteiger partial charge >= 0.3 is 0 Å². The van der Waals surface area contributed by atoms with Gasteiger partial charge in [-0.05, 0) is 19.1 Å². The van der Waals surface area contributed by atoms with Crippen molar-refractivity contribution in [3.63, 3.8) is 0 Å². The second-order valence-corrected chi connectivity index (χ2v) is 3.28. The molecular weight excluding hydrogens is 176 g/mol. The largest absolute Gasteiger partial charge is 0.383 e. The van der Waals surface area contributed by atoms with E-state index < -0.39 is 0 Å². The zero-order chi connectivity index (χ0) is 10.4. The molecule has 1 amide bonds. The number of anilines is 1. The molecule has 0 saturated carbocycles. The Balaban J connectivity index is 2.25. The predicted octanol–water partition coefficient (Wildman–Crippen LogP) is 1.54. The van der Waals surface area contributed by atoms with Crippen LogP contribution in [0, 0.1) is 6.92 Å². The first kappa shape index (κ1) is 10.6. The van der Waals surface area contributed by atoms with Crippen LogP contribution in [0.2, 0.25) is 0 Å². The molecule has 76 valence electrons. The van der Waals surface area contributed by atoms with Gasteiger partial charge in [-0.2, -0.15) is 0 Å². The van der Waals surface area contributed by atoms with E-state index in [2.05, 4.69) is 29.7 Å². The zero-order valence-corrected chi connectivity index (χ0v) is 8.63. The van der Waals surface area contributed by atoms with Gasteiger partial charge in [0.25, 0.3) is 0 Å². The van der Waals surface area contributed by atoms with Crippen LogP contribution in [0.15, 0.2) is 24.3 Å². The smallest absolute Gasteiger partial charge is 0.216 e. The van der Waals surface area contributed by atoms with E-state index in [4.69, 9.17) is 0 Å². The Kier molecular flexibility index (Phi) is 3.98. The molecule has 0 saturated heterocycles. The van der Waals surface area contributed by atoms with Gasteiger partial charge in [0.05, 0.1) is 0 Å². The molecule has 0 heterocycles. The minimum absolute atomic E-state index is 0.00991. The van der Waals surface area contributed by atoms with E-state index in [0.29, 0.717) is 6.54 Å². The van der Waals surface area contributed by atoms with Crippen molar-refractivity contribution in [1.29, 1.82) is 0 Å². The molecule has 1 aromatic rings. The maximum Gasteiger partial charge on any atom is 0.216 e. The normalized spacial score (nSPS) is 9.57. The minimum atomic E-state index is 0.00991. The third kappa shape index (κ3) is 3.94. The number of nitrogens with one attached hydrogen (secondary N) is 2. The van der Waals surface area contributed by atoms with Crippen LogP contribution in [0.3, 0.4) is 0 Å². The van der Waals surface area contributed by atoms with Crippen LogP contribution < -0.4 is 10.6 Å². The van der Waals surface area contributed by atoms with E-state index in [1.165, 1.54) is 12.5 Å². The average molecular weight is 192 g/mol. The summed E-state index contributed by atoms with van der Waals surface area (Å²) in [4.78, 5) is 10.6. The Hall–Kier alpha value is -1.51.